The van der Waals surface area contributed by atoms with Gasteiger partial charge in [0.1, 0.15) is 25.0 Å². The zero-order valence-electron chi connectivity index (χ0n) is 19.0. The first-order chi connectivity index (χ1) is 15.0. The fraction of sp³-hybridized carbons (Fsp3) is 0.391. The number of carbonyl (C=O) groups excluding carboxylic acids is 2. The minimum atomic E-state index is -3.51. The van der Waals surface area contributed by atoms with Gasteiger partial charge in [-0.2, -0.15) is 0 Å². The number of rotatable bonds is 10. The van der Waals surface area contributed by atoms with Crippen LogP contribution in [0.4, 0.5) is 0 Å². The summed E-state index contributed by atoms with van der Waals surface area (Å²) in [7, 11) is -0.586. The zero-order chi connectivity index (χ0) is 23.9. The van der Waals surface area contributed by atoms with E-state index in [4.69, 9.17) is 9.47 Å². The molecule has 9 heteroatoms. The molecule has 0 aliphatic rings. The molecule has 0 saturated carbocycles. The van der Waals surface area contributed by atoms with Crippen molar-refractivity contribution in [1.82, 2.24) is 9.62 Å². The molecule has 8 nitrogen and oxygen atoms in total. The van der Waals surface area contributed by atoms with Gasteiger partial charge < -0.3 is 14.8 Å². The molecule has 0 bridgehead atoms. The molecule has 0 saturated heterocycles. The second kappa shape index (κ2) is 11.1. The van der Waals surface area contributed by atoms with E-state index in [2.05, 4.69) is 5.32 Å². The molecule has 0 heterocycles. The molecule has 174 valence electrons. The number of esters is 1. The smallest absolute Gasteiger partial charge is 0.329 e. The van der Waals surface area contributed by atoms with Crippen molar-refractivity contribution in [3.8, 4) is 5.75 Å². The second-order valence-corrected chi connectivity index (χ2v) is 9.94. The van der Waals surface area contributed by atoms with Gasteiger partial charge >= 0.3 is 5.97 Å². The Hall–Kier alpha value is -2.91. The highest BCUT2D eigenvalue weighted by Gasteiger charge is 2.26. The predicted octanol–water partition coefficient (Wildman–Crippen LogP) is 2.62. The lowest BCUT2D eigenvalue weighted by atomic mass is 10.0. The van der Waals surface area contributed by atoms with Crippen LogP contribution in [0.15, 0.2) is 53.4 Å². The van der Waals surface area contributed by atoms with Crippen molar-refractivity contribution < 1.29 is 27.5 Å². The van der Waals surface area contributed by atoms with Crippen LogP contribution in [-0.4, -0.2) is 58.0 Å². The fourth-order valence-corrected chi connectivity index (χ4v) is 3.76. The average molecular weight is 463 g/mol. The molecule has 0 fully saturated rings. The number of carbonyl (C=O) groups is 2. The van der Waals surface area contributed by atoms with Crippen LogP contribution in [-0.2, 0) is 19.6 Å². The number of amides is 1. The largest absolute Gasteiger partial charge is 0.490 e. The summed E-state index contributed by atoms with van der Waals surface area (Å²) in [5, 5.41) is 2.75. The molecule has 2 aromatic rings. The van der Waals surface area contributed by atoms with Crippen LogP contribution >= 0.6 is 0 Å². The van der Waals surface area contributed by atoms with Gasteiger partial charge in [0, 0.05) is 19.7 Å². The minimum absolute atomic E-state index is 0.0139. The lowest BCUT2D eigenvalue weighted by Crippen LogP contribution is -2.45. The highest BCUT2D eigenvalue weighted by atomic mass is 32.2. The molecule has 2 aromatic carbocycles. The van der Waals surface area contributed by atoms with Gasteiger partial charge in [-0.3, -0.25) is 4.79 Å². The van der Waals surface area contributed by atoms with Crippen LogP contribution in [0.1, 0.15) is 29.8 Å². The summed E-state index contributed by atoms with van der Waals surface area (Å²) in [6.07, 6.45) is 0. The molecule has 0 spiro atoms. The number of sulfonamides is 1. The van der Waals surface area contributed by atoms with Crippen molar-refractivity contribution in [2.24, 2.45) is 5.92 Å². The van der Waals surface area contributed by atoms with Crippen molar-refractivity contribution in [3.63, 3.8) is 0 Å². The summed E-state index contributed by atoms with van der Waals surface area (Å²) in [6, 6.07) is 12.3. The van der Waals surface area contributed by atoms with Crippen LogP contribution in [0.25, 0.3) is 0 Å². The molecule has 1 N–H and O–H groups in total. The maximum Gasteiger partial charge on any atom is 0.329 e. The van der Waals surface area contributed by atoms with E-state index < -0.39 is 22.0 Å². The molecule has 0 radical (unpaired) electrons. The van der Waals surface area contributed by atoms with Gasteiger partial charge in [0.15, 0.2) is 0 Å². The van der Waals surface area contributed by atoms with E-state index in [-0.39, 0.29) is 29.9 Å². The Labute approximate surface area is 189 Å². The molecule has 1 amide bonds. The fourth-order valence-electron chi connectivity index (χ4n) is 2.85. The number of hydrogen-bond donors (Lipinski definition) is 1. The third kappa shape index (κ3) is 6.54. The number of ether oxygens (including phenoxy) is 2. The van der Waals surface area contributed by atoms with Crippen molar-refractivity contribution in [3.05, 3.63) is 59.7 Å². The molecule has 0 unspecified atom stereocenters. The van der Waals surface area contributed by atoms with Crippen molar-refractivity contribution >= 4 is 21.9 Å². The van der Waals surface area contributed by atoms with Gasteiger partial charge in [0.2, 0.25) is 10.0 Å². The van der Waals surface area contributed by atoms with E-state index in [0.717, 1.165) is 9.87 Å². The molecule has 0 aliphatic carbocycles. The lowest BCUT2D eigenvalue weighted by Gasteiger charge is -2.21. The lowest BCUT2D eigenvalue weighted by molar-refractivity contribution is -0.147. The third-order valence-electron chi connectivity index (χ3n) is 4.80. The van der Waals surface area contributed by atoms with Crippen LogP contribution in [0, 0.1) is 12.8 Å². The molecule has 1 atom stereocenters. The summed E-state index contributed by atoms with van der Waals surface area (Å²) in [5.41, 5.74) is 1.33. The van der Waals surface area contributed by atoms with Gasteiger partial charge in [-0.15, -0.1) is 0 Å². The summed E-state index contributed by atoms with van der Waals surface area (Å²) in [5.74, 6) is -0.588. The Bertz CT molecular complexity index is 1030. The van der Waals surface area contributed by atoms with E-state index in [1.165, 1.54) is 38.4 Å². The minimum Gasteiger partial charge on any atom is -0.490 e. The Morgan fingerprint density at radius 3 is 2.19 bits per heavy atom. The Balaban J connectivity index is 1.87. The molecular formula is C23H30N2O6S. The summed E-state index contributed by atoms with van der Waals surface area (Å²) < 4.78 is 36.1. The highest BCUT2D eigenvalue weighted by molar-refractivity contribution is 7.89. The molecule has 2 rings (SSSR count). The number of nitrogens with one attached hydrogen (secondary N) is 1. The normalized spacial score (nSPS) is 12.5. The second-order valence-electron chi connectivity index (χ2n) is 7.78. The van der Waals surface area contributed by atoms with E-state index in [9.17, 15) is 18.0 Å². The van der Waals surface area contributed by atoms with E-state index >= 15 is 0 Å². The van der Waals surface area contributed by atoms with Gasteiger partial charge in [-0.1, -0.05) is 32.0 Å². The summed E-state index contributed by atoms with van der Waals surface area (Å²) in [6.45, 7) is 5.55. The predicted molar refractivity (Wildman–Crippen MR) is 121 cm³/mol. The first-order valence-corrected chi connectivity index (χ1v) is 11.7. The third-order valence-corrected chi connectivity index (χ3v) is 6.62. The average Bonchev–Trinajstić information content (AvgIpc) is 2.75. The quantitative estimate of drug-likeness (QED) is 0.430. The van der Waals surface area contributed by atoms with Gasteiger partial charge in [0.05, 0.1) is 4.90 Å². The number of benzene rings is 2. The molecule has 0 aliphatic heterocycles. The summed E-state index contributed by atoms with van der Waals surface area (Å²) in [4.78, 5) is 25.2. The van der Waals surface area contributed by atoms with Crippen LogP contribution < -0.4 is 10.1 Å². The first kappa shape index (κ1) is 25.4. The van der Waals surface area contributed by atoms with Crippen molar-refractivity contribution in [1.29, 1.82) is 0 Å². The van der Waals surface area contributed by atoms with Crippen LogP contribution in [0.3, 0.4) is 0 Å². The number of hydrogen-bond acceptors (Lipinski definition) is 6. The van der Waals surface area contributed by atoms with E-state index in [0.29, 0.717) is 11.3 Å². The molecule has 32 heavy (non-hydrogen) atoms. The zero-order valence-corrected chi connectivity index (χ0v) is 19.8. The number of aryl methyl sites for hydroxylation is 1. The summed E-state index contributed by atoms with van der Waals surface area (Å²) >= 11 is 0. The van der Waals surface area contributed by atoms with E-state index in [1.807, 2.05) is 32.9 Å². The van der Waals surface area contributed by atoms with E-state index in [1.54, 1.807) is 12.1 Å². The molecule has 0 aromatic heterocycles. The number of nitrogens with zero attached hydrogens (tertiary/aromatic N) is 1. The Morgan fingerprint density at radius 1 is 1.00 bits per heavy atom. The van der Waals surface area contributed by atoms with Crippen molar-refractivity contribution in [2.75, 3.05) is 27.3 Å². The first-order valence-electron chi connectivity index (χ1n) is 10.2. The Morgan fingerprint density at radius 2 is 1.62 bits per heavy atom. The van der Waals surface area contributed by atoms with Crippen LogP contribution in [0.2, 0.25) is 0 Å². The molecular weight excluding hydrogens is 432 g/mol. The monoisotopic (exact) mass is 462 g/mol. The van der Waals surface area contributed by atoms with Gasteiger partial charge in [-0.05, 0) is 48.7 Å². The van der Waals surface area contributed by atoms with Crippen LogP contribution in [0.5, 0.6) is 5.75 Å². The Kier molecular flexibility index (Phi) is 8.80. The maximum atomic E-state index is 12.6. The van der Waals surface area contributed by atoms with Gasteiger partial charge in [-0.25, -0.2) is 17.5 Å². The SMILES string of the molecule is Cc1ccccc1C(=O)N[C@H](C(=O)OCCOc1ccc(S(=O)(=O)N(C)C)cc1)C(C)C. The van der Waals surface area contributed by atoms with Gasteiger partial charge in [0.25, 0.3) is 5.91 Å². The highest BCUT2D eigenvalue weighted by Crippen LogP contribution is 2.18. The topological polar surface area (TPSA) is 102 Å². The maximum absolute atomic E-state index is 12.6. The van der Waals surface area contributed by atoms with Crippen molar-refractivity contribution in [2.45, 2.75) is 31.7 Å². The standard InChI is InChI=1S/C23H30N2O6S/c1-16(2)21(24-22(26)20-9-7-6-8-17(20)3)23(27)31-15-14-30-18-10-12-19(13-11-18)32(28,29)25(4)5/h6-13,16,21H,14-15H2,1-5H3,(H,24,26)/t21-/m0/s1.